The molecule has 0 saturated carbocycles. The Morgan fingerprint density at radius 3 is 2.53 bits per heavy atom. The number of hydrogen-bond acceptors (Lipinski definition) is 4. The van der Waals surface area contributed by atoms with E-state index in [9.17, 15) is 9.59 Å². The highest BCUT2D eigenvalue weighted by atomic mass is 16.4. The van der Waals surface area contributed by atoms with Gasteiger partial charge in [-0.3, -0.25) is 4.79 Å². The van der Waals surface area contributed by atoms with Crippen molar-refractivity contribution in [1.29, 1.82) is 0 Å². The van der Waals surface area contributed by atoms with Crippen LogP contribution in [0.2, 0.25) is 0 Å². The lowest BCUT2D eigenvalue weighted by Gasteiger charge is -2.22. The Balaban J connectivity index is 2.17. The Labute approximate surface area is 111 Å². The third-order valence-electron chi connectivity index (χ3n) is 3.45. The molecule has 2 rings (SSSR count). The molecule has 0 spiro atoms. The first-order valence-electron chi connectivity index (χ1n) is 6.39. The van der Waals surface area contributed by atoms with E-state index in [1.807, 2.05) is 4.90 Å². The maximum atomic E-state index is 12.3. The molecule has 0 radical (unpaired) electrons. The van der Waals surface area contributed by atoms with Crippen LogP contribution in [0.25, 0.3) is 0 Å². The molecule has 6 heteroatoms. The van der Waals surface area contributed by atoms with Crippen molar-refractivity contribution in [1.82, 2.24) is 14.9 Å². The molecule has 2 atom stereocenters. The highest BCUT2D eigenvalue weighted by molar-refractivity contribution is 5.93. The molecule has 1 aliphatic heterocycles. The summed E-state index contributed by atoms with van der Waals surface area (Å²) in [6.45, 7) is 4.90. The maximum absolute atomic E-state index is 12.3. The van der Waals surface area contributed by atoms with Gasteiger partial charge in [0, 0.05) is 12.6 Å². The summed E-state index contributed by atoms with van der Waals surface area (Å²) in [5, 5.41) is 8.74. The van der Waals surface area contributed by atoms with Crippen LogP contribution in [0.1, 0.15) is 47.7 Å². The lowest BCUT2D eigenvalue weighted by molar-refractivity contribution is 0.0682. The normalized spacial score (nSPS) is 22.5. The molecule has 0 aromatic carbocycles. The van der Waals surface area contributed by atoms with Crippen molar-refractivity contribution in [3.8, 4) is 0 Å². The molecule has 0 aliphatic carbocycles. The summed E-state index contributed by atoms with van der Waals surface area (Å²) < 4.78 is 0. The summed E-state index contributed by atoms with van der Waals surface area (Å²) in [5.41, 5.74) is 0.0518. The first kappa shape index (κ1) is 13.5. The smallest absolute Gasteiger partial charge is 0.356 e. The van der Waals surface area contributed by atoms with Gasteiger partial charge < -0.3 is 10.0 Å². The zero-order valence-electron chi connectivity index (χ0n) is 11.0. The van der Waals surface area contributed by atoms with Gasteiger partial charge in [0.1, 0.15) is 5.69 Å². The number of amides is 1. The Morgan fingerprint density at radius 1 is 1.37 bits per heavy atom. The number of nitrogens with zero attached hydrogens (tertiary/aromatic N) is 3. The quantitative estimate of drug-likeness (QED) is 0.892. The highest BCUT2D eigenvalue weighted by Gasteiger charge is 2.33. The van der Waals surface area contributed by atoms with Crippen molar-refractivity contribution in [2.24, 2.45) is 5.92 Å². The van der Waals surface area contributed by atoms with Gasteiger partial charge in [0.2, 0.25) is 0 Å². The molecule has 2 unspecified atom stereocenters. The van der Waals surface area contributed by atoms with Gasteiger partial charge in [0.15, 0.2) is 5.69 Å². The molecular weight excluding hydrogens is 246 g/mol. The molecule has 1 aromatic rings. The molecule has 2 heterocycles. The lowest BCUT2D eigenvalue weighted by Crippen LogP contribution is -2.36. The standard InChI is InChI=1S/C13H17N3O3/c1-3-9-4-8(2)7-16(9)12(17)10-5-15-11(6-14-10)13(18)19/h5-6,8-9H,3-4,7H2,1-2H3,(H,18,19). The minimum atomic E-state index is -1.15. The first-order valence-corrected chi connectivity index (χ1v) is 6.39. The summed E-state index contributed by atoms with van der Waals surface area (Å²) in [5.74, 6) is -0.825. The van der Waals surface area contributed by atoms with Gasteiger partial charge in [-0.15, -0.1) is 0 Å². The molecule has 1 fully saturated rings. The van der Waals surface area contributed by atoms with Crippen LogP contribution in [0, 0.1) is 5.92 Å². The van der Waals surface area contributed by atoms with Crippen LogP contribution in [0.4, 0.5) is 0 Å². The van der Waals surface area contributed by atoms with Crippen molar-refractivity contribution >= 4 is 11.9 Å². The topological polar surface area (TPSA) is 83.4 Å². The van der Waals surface area contributed by atoms with Gasteiger partial charge in [-0.2, -0.15) is 0 Å². The number of carbonyl (C=O) groups is 2. The van der Waals surface area contributed by atoms with E-state index in [0.29, 0.717) is 5.92 Å². The summed E-state index contributed by atoms with van der Waals surface area (Å²) >= 11 is 0. The Kier molecular flexibility index (Phi) is 3.78. The zero-order valence-corrected chi connectivity index (χ0v) is 11.0. The zero-order chi connectivity index (χ0) is 14.0. The molecule has 1 amide bonds. The van der Waals surface area contributed by atoms with E-state index in [1.54, 1.807) is 0 Å². The molecule has 6 nitrogen and oxygen atoms in total. The largest absolute Gasteiger partial charge is 0.476 e. The van der Waals surface area contributed by atoms with E-state index < -0.39 is 5.97 Å². The summed E-state index contributed by atoms with van der Waals surface area (Å²) in [4.78, 5) is 32.5. The number of rotatable bonds is 3. The van der Waals surface area contributed by atoms with Crippen molar-refractivity contribution in [2.45, 2.75) is 32.7 Å². The minimum absolute atomic E-state index is 0.154. The summed E-state index contributed by atoms with van der Waals surface area (Å²) in [7, 11) is 0. The number of carbonyl (C=O) groups excluding carboxylic acids is 1. The van der Waals surface area contributed by atoms with Gasteiger partial charge in [-0.05, 0) is 18.8 Å². The van der Waals surface area contributed by atoms with Gasteiger partial charge in [-0.25, -0.2) is 14.8 Å². The summed E-state index contributed by atoms with van der Waals surface area (Å²) in [6.07, 6.45) is 4.27. The van der Waals surface area contributed by atoms with E-state index in [1.165, 1.54) is 6.20 Å². The van der Waals surface area contributed by atoms with Gasteiger partial charge >= 0.3 is 5.97 Å². The van der Waals surface area contributed by atoms with E-state index in [-0.39, 0.29) is 23.3 Å². The molecular formula is C13H17N3O3. The number of carboxylic acid groups (broad SMARTS) is 1. The number of carboxylic acids is 1. The molecule has 1 aliphatic rings. The van der Waals surface area contributed by atoms with Crippen LogP contribution in [0.15, 0.2) is 12.4 Å². The number of hydrogen-bond donors (Lipinski definition) is 1. The van der Waals surface area contributed by atoms with Gasteiger partial charge in [-0.1, -0.05) is 13.8 Å². The third-order valence-corrected chi connectivity index (χ3v) is 3.45. The fourth-order valence-corrected chi connectivity index (χ4v) is 2.48. The van der Waals surface area contributed by atoms with E-state index in [4.69, 9.17) is 5.11 Å². The maximum Gasteiger partial charge on any atom is 0.356 e. The first-order chi connectivity index (χ1) is 9.02. The van der Waals surface area contributed by atoms with Crippen molar-refractivity contribution < 1.29 is 14.7 Å². The Bertz CT molecular complexity index is 486. The SMILES string of the molecule is CCC1CC(C)CN1C(=O)c1cnc(C(=O)O)cn1. The average Bonchev–Trinajstić information content (AvgIpc) is 2.79. The lowest BCUT2D eigenvalue weighted by atomic mass is 10.1. The molecule has 1 aromatic heterocycles. The number of aromatic carboxylic acids is 1. The second-order valence-corrected chi connectivity index (χ2v) is 4.95. The van der Waals surface area contributed by atoms with Crippen LogP contribution in [-0.2, 0) is 0 Å². The van der Waals surface area contributed by atoms with Crippen LogP contribution in [0.5, 0.6) is 0 Å². The van der Waals surface area contributed by atoms with Crippen molar-refractivity contribution in [3.63, 3.8) is 0 Å². The molecule has 1 N–H and O–H groups in total. The van der Waals surface area contributed by atoms with Gasteiger partial charge in [0.05, 0.1) is 12.4 Å². The molecule has 102 valence electrons. The number of likely N-dealkylation sites (tertiary alicyclic amines) is 1. The second-order valence-electron chi connectivity index (χ2n) is 4.95. The van der Waals surface area contributed by atoms with E-state index in [0.717, 1.165) is 25.6 Å². The van der Waals surface area contributed by atoms with Crippen LogP contribution < -0.4 is 0 Å². The van der Waals surface area contributed by atoms with Crippen LogP contribution in [0.3, 0.4) is 0 Å². The van der Waals surface area contributed by atoms with Crippen LogP contribution in [-0.4, -0.2) is 44.4 Å². The molecule has 1 saturated heterocycles. The predicted octanol–water partition coefficient (Wildman–Crippen LogP) is 1.44. The predicted molar refractivity (Wildman–Crippen MR) is 67.9 cm³/mol. The fraction of sp³-hybridized carbons (Fsp3) is 0.538. The van der Waals surface area contributed by atoms with E-state index >= 15 is 0 Å². The average molecular weight is 263 g/mol. The molecule has 0 bridgehead atoms. The number of aromatic nitrogens is 2. The Morgan fingerprint density at radius 2 is 2.00 bits per heavy atom. The van der Waals surface area contributed by atoms with Gasteiger partial charge in [0.25, 0.3) is 5.91 Å². The summed E-state index contributed by atoms with van der Waals surface area (Å²) in [6, 6.07) is 0.239. The molecule has 19 heavy (non-hydrogen) atoms. The van der Waals surface area contributed by atoms with Crippen molar-refractivity contribution in [3.05, 3.63) is 23.8 Å². The highest BCUT2D eigenvalue weighted by Crippen LogP contribution is 2.26. The van der Waals surface area contributed by atoms with E-state index in [2.05, 4.69) is 23.8 Å². The second kappa shape index (κ2) is 5.34. The van der Waals surface area contributed by atoms with Crippen LogP contribution >= 0.6 is 0 Å². The third kappa shape index (κ3) is 2.72. The monoisotopic (exact) mass is 263 g/mol. The Hall–Kier alpha value is -1.98. The fourth-order valence-electron chi connectivity index (χ4n) is 2.48. The minimum Gasteiger partial charge on any atom is -0.476 e. The van der Waals surface area contributed by atoms with Crippen molar-refractivity contribution in [2.75, 3.05) is 6.54 Å².